The minimum Gasteiger partial charge on any atom is -0.468 e. The van der Waals surface area contributed by atoms with Crippen molar-refractivity contribution >= 4 is 38.3 Å². The summed E-state index contributed by atoms with van der Waals surface area (Å²) in [6.45, 7) is 0. The van der Waals surface area contributed by atoms with Crippen molar-refractivity contribution in [3.05, 3.63) is 6.20 Å². The van der Waals surface area contributed by atoms with E-state index in [1.165, 1.54) is 19.0 Å². The Bertz CT molecular complexity index is 794. The second-order valence-electron chi connectivity index (χ2n) is 7.74. The molecule has 1 aromatic heterocycles. The van der Waals surface area contributed by atoms with E-state index in [0.29, 0.717) is 0 Å². The molecule has 29 heavy (non-hydrogen) atoms. The number of carbonyl (C=O) groups is 2. The van der Waals surface area contributed by atoms with Gasteiger partial charge in [0.15, 0.2) is 20.7 Å². The first kappa shape index (κ1) is 22.0. The van der Waals surface area contributed by atoms with Gasteiger partial charge in [-0.05, 0) is 25.7 Å². The largest absolute Gasteiger partial charge is 0.468 e. The van der Waals surface area contributed by atoms with Gasteiger partial charge in [0, 0.05) is 12.1 Å². The van der Waals surface area contributed by atoms with E-state index in [1.54, 1.807) is 0 Å². The number of nitrogens with one attached hydrogen (secondary N) is 1. The summed E-state index contributed by atoms with van der Waals surface area (Å²) < 4.78 is 28.9. The van der Waals surface area contributed by atoms with Gasteiger partial charge in [-0.1, -0.05) is 49.9 Å². The Morgan fingerprint density at radius 3 is 2.17 bits per heavy atom. The van der Waals surface area contributed by atoms with E-state index in [1.807, 2.05) is 4.90 Å². The molecule has 0 aromatic carbocycles. The van der Waals surface area contributed by atoms with Crippen LogP contribution in [0.2, 0.25) is 0 Å². The van der Waals surface area contributed by atoms with Crippen LogP contribution in [0.4, 0.5) is 9.93 Å². The summed E-state index contributed by atoms with van der Waals surface area (Å²) >= 11 is 0.866. The number of thiazole rings is 1. The Balaban J connectivity index is 1.72. The van der Waals surface area contributed by atoms with Gasteiger partial charge in [-0.2, -0.15) is 0 Å². The number of ether oxygens (including phenoxy) is 1. The highest BCUT2D eigenvalue weighted by Gasteiger charge is 2.33. The molecule has 2 saturated carbocycles. The summed E-state index contributed by atoms with van der Waals surface area (Å²) in [5, 5.41) is 3.04. The van der Waals surface area contributed by atoms with Crippen molar-refractivity contribution in [2.75, 3.05) is 18.2 Å². The average molecular weight is 444 g/mol. The quantitative estimate of drug-likeness (QED) is 0.674. The Hall–Kier alpha value is -1.68. The van der Waals surface area contributed by atoms with E-state index in [9.17, 15) is 18.0 Å². The van der Waals surface area contributed by atoms with Gasteiger partial charge in [-0.25, -0.2) is 18.2 Å². The van der Waals surface area contributed by atoms with Crippen LogP contribution >= 0.6 is 11.3 Å². The molecular formula is C19H29N3O5S2. The van der Waals surface area contributed by atoms with Crippen LogP contribution in [0.5, 0.6) is 0 Å². The number of rotatable bonds is 6. The molecule has 1 aromatic rings. The number of methoxy groups -OCH3 is 1. The highest BCUT2D eigenvalue weighted by molar-refractivity contribution is 7.94. The fourth-order valence-electron chi connectivity index (χ4n) is 4.25. The van der Waals surface area contributed by atoms with Gasteiger partial charge in [0.2, 0.25) is 0 Å². The third-order valence-corrected chi connectivity index (χ3v) is 8.76. The second-order valence-corrected chi connectivity index (χ2v) is 11.0. The fraction of sp³-hybridized carbons (Fsp3) is 0.737. The van der Waals surface area contributed by atoms with E-state index in [0.717, 1.165) is 69.8 Å². The predicted molar refractivity (Wildman–Crippen MR) is 111 cm³/mol. The maximum atomic E-state index is 13.2. The van der Waals surface area contributed by atoms with E-state index in [2.05, 4.69) is 15.0 Å². The number of hydrogen-bond acceptors (Lipinski definition) is 7. The smallest absolute Gasteiger partial charge is 0.324 e. The van der Waals surface area contributed by atoms with Gasteiger partial charge in [0.05, 0.1) is 13.3 Å². The first-order chi connectivity index (χ1) is 13.9. The number of esters is 1. The van der Waals surface area contributed by atoms with Crippen LogP contribution in [0.15, 0.2) is 10.4 Å². The molecule has 2 aliphatic carbocycles. The zero-order valence-electron chi connectivity index (χ0n) is 16.8. The minimum atomic E-state index is -3.83. The van der Waals surface area contributed by atoms with Gasteiger partial charge < -0.3 is 9.64 Å². The zero-order valence-corrected chi connectivity index (χ0v) is 18.4. The molecule has 0 spiro atoms. The van der Waals surface area contributed by atoms with Crippen LogP contribution in [0.1, 0.15) is 64.2 Å². The number of sulfone groups is 1. The molecule has 2 aliphatic rings. The number of aromatic nitrogens is 1. The van der Waals surface area contributed by atoms with Crippen molar-refractivity contribution in [3.8, 4) is 0 Å². The molecule has 3 rings (SSSR count). The molecule has 10 heteroatoms. The van der Waals surface area contributed by atoms with E-state index < -0.39 is 21.6 Å². The normalized spacial score (nSPS) is 18.9. The average Bonchev–Trinajstić information content (AvgIpc) is 3.19. The molecule has 8 nitrogen and oxygen atoms in total. The van der Waals surface area contributed by atoms with E-state index >= 15 is 0 Å². The molecule has 2 amide bonds. The van der Waals surface area contributed by atoms with Gasteiger partial charge in [-0.3, -0.25) is 10.1 Å². The Morgan fingerprint density at radius 2 is 1.66 bits per heavy atom. The molecule has 0 aliphatic heterocycles. The summed E-state index contributed by atoms with van der Waals surface area (Å²) in [6.07, 6.45) is 12.2. The first-order valence-electron chi connectivity index (χ1n) is 10.3. The fourth-order valence-corrected chi connectivity index (χ4v) is 6.50. The molecule has 162 valence electrons. The zero-order chi connectivity index (χ0) is 20.9. The maximum Gasteiger partial charge on any atom is 0.324 e. The number of nitrogens with zero attached hydrogens (tertiary/aromatic N) is 2. The van der Waals surface area contributed by atoms with Crippen LogP contribution in [-0.2, 0) is 19.4 Å². The van der Waals surface area contributed by atoms with Crippen molar-refractivity contribution in [2.45, 2.75) is 80.5 Å². The standard InChI is InChI=1S/C19H29N3O5S2/c1-27-16(23)13-29(25,26)17-12-20-18(28-17)21-19(24)22(14-8-4-2-5-9-14)15-10-6-3-7-11-15/h12,14-15H,2-11,13H2,1H3,(H,20,21,24). The first-order valence-corrected chi connectivity index (χ1v) is 12.7. The van der Waals surface area contributed by atoms with Crippen LogP contribution < -0.4 is 5.32 Å². The van der Waals surface area contributed by atoms with E-state index in [-0.39, 0.29) is 27.5 Å². The van der Waals surface area contributed by atoms with Gasteiger partial charge in [0.1, 0.15) is 4.21 Å². The SMILES string of the molecule is COC(=O)CS(=O)(=O)c1cnc(NC(=O)N(C2CCCCC2)C2CCCCC2)s1. The predicted octanol–water partition coefficient (Wildman–Crippen LogP) is 3.59. The number of carbonyl (C=O) groups excluding carboxylic acids is 2. The van der Waals surface area contributed by atoms with Crippen LogP contribution in [0.25, 0.3) is 0 Å². The highest BCUT2D eigenvalue weighted by Crippen LogP contribution is 2.31. The Labute approximate surface area is 175 Å². The lowest BCUT2D eigenvalue weighted by Crippen LogP contribution is -2.50. The topological polar surface area (TPSA) is 106 Å². The maximum absolute atomic E-state index is 13.2. The number of amides is 2. The van der Waals surface area contributed by atoms with Gasteiger partial charge in [-0.15, -0.1) is 0 Å². The number of hydrogen-bond donors (Lipinski definition) is 1. The molecular weight excluding hydrogens is 414 g/mol. The van der Waals surface area contributed by atoms with Crippen molar-refractivity contribution in [2.24, 2.45) is 0 Å². The second kappa shape index (κ2) is 9.88. The van der Waals surface area contributed by atoms with Crippen molar-refractivity contribution in [3.63, 3.8) is 0 Å². The van der Waals surface area contributed by atoms with Gasteiger partial charge in [0.25, 0.3) is 0 Å². The lowest BCUT2D eigenvalue weighted by atomic mass is 9.89. The third-order valence-electron chi connectivity index (χ3n) is 5.71. The summed E-state index contributed by atoms with van der Waals surface area (Å²) in [7, 11) is -2.69. The molecule has 0 unspecified atom stereocenters. The number of urea groups is 1. The van der Waals surface area contributed by atoms with Crippen molar-refractivity contribution < 1.29 is 22.7 Å². The van der Waals surface area contributed by atoms with Crippen LogP contribution in [0, 0.1) is 0 Å². The summed E-state index contributed by atoms with van der Waals surface area (Å²) in [4.78, 5) is 30.5. The third kappa shape index (κ3) is 5.69. The van der Waals surface area contributed by atoms with Gasteiger partial charge >= 0.3 is 12.0 Å². The van der Waals surface area contributed by atoms with Crippen molar-refractivity contribution in [1.82, 2.24) is 9.88 Å². The Kier molecular flexibility index (Phi) is 7.50. The number of anilines is 1. The molecule has 1 N–H and O–H groups in total. The molecule has 0 bridgehead atoms. The molecule has 1 heterocycles. The summed E-state index contributed by atoms with van der Waals surface area (Å²) in [6, 6.07) is 0.263. The minimum absolute atomic E-state index is 0.0555. The molecule has 2 fully saturated rings. The summed E-state index contributed by atoms with van der Waals surface area (Å²) in [5.74, 6) is -1.57. The monoisotopic (exact) mass is 443 g/mol. The Morgan fingerprint density at radius 1 is 1.10 bits per heavy atom. The summed E-state index contributed by atoms with van der Waals surface area (Å²) in [5.41, 5.74) is 0. The molecule has 0 saturated heterocycles. The lowest BCUT2D eigenvalue weighted by Gasteiger charge is -2.41. The molecule has 0 atom stereocenters. The van der Waals surface area contributed by atoms with Crippen LogP contribution in [-0.4, -0.2) is 55.2 Å². The van der Waals surface area contributed by atoms with E-state index in [4.69, 9.17) is 0 Å². The highest BCUT2D eigenvalue weighted by atomic mass is 32.2. The lowest BCUT2D eigenvalue weighted by molar-refractivity contribution is -0.137. The van der Waals surface area contributed by atoms with Crippen molar-refractivity contribution in [1.29, 1.82) is 0 Å². The molecule has 0 radical (unpaired) electrons. The van der Waals surface area contributed by atoms with Crippen LogP contribution in [0.3, 0.4) is 0 Å².